The Kier molecular flexibility index (Phi) is 5.61. The third-order valence-electron chi connectivity index (χ3n) is 4.38. The van der Waals surface area contributed by atoms with Crippen LogP contribution in [0.2, 0.25) is 0 Å². The molecule has 3 heterocycles. The van der Waals surface area contributed by atoms with Crippen LogP contribution in [0.1, 0.15) is 0 Å². The van der Waals surface area contributed by atoms with E-state index < -0.39 is 6.61 Å². The van der Waals surface area contributed by atoms with E-state index in [1.54, 1.807) is 18.2 Å². The molecule has 4 rings (SSSR count). The lowest BCUT2D eigenvalue weighted by atomic mass is 10.1. The summed E-state index contributed by atoms with van der Waals surface area (Å²) in [6.07, 6.45) is 2.69. The number of nitrogens with zero attached hydrogens (tertiary/aromatic N) is 4. The number of anilines is 1. The first-order valence-corrected chi connectivity index (χ1v) is 9.23. The Morgan fingerprint density at radius 2 is 1.90 bits per heavy atom. The van der Waals surface area contributed by atoms with Gasteiger partial charge in [0.15, 0.2) is 0 Å². The zero-order valence-corrected chi connectivity index (χ0v) is 16.1. The molecule has 3 aromatic heterocycles. The topological polar surface area (TPSA) is 113 Å². The Morgan fingerprint density at radius 3 is 2.68 bits per heavy atom. The summed E-state index contributed by atoms with van der Waals surface area (Å²) in [6, 6.07) is 15.8. The number of fused-ring (bicyclic) bond motifs is 1. The Balaban J connectivity index is 1.55. The Labute approximate surface area is 175 Å². The molecule has 10 heteroatoms. The molecule has 0 aliphatic heterocycles. The minimum absolute atomic E-state index is 0.0467. The first-order chi connectivity index (χ1) is 15.0. The van der Waals surface area contributed by atoms with Crippen molar-refractivity contribution in [3.05, 3.63) is 72.5 Å². The summed E-state index contributed by atoms with van der Waals surface area (Å²) in [5.74, 6) is -0.0402. The summed E-state index contributed by atoms with van der Waals surface area (Å²) >= 11 is 0. The molecule has 0 aliphatic rings. The molecule has 0 amide bonds. The molecule has 0 bridgehead atoms. The van der Waals surface area contributed by atoms with E-state index >= 15 is 0 Å². The first-order valence-electron chi connectivity index (χ1n) is 9.23. The highest BCUT2D eigenvalue weighted by molar-refractivity contribution is 5.91. The lowest BCUT2D eigenvalue weighted by Gasteiger charge is -2.12. The number of pyridine rings is 2. The van der Waals surface area contributed by atoms with Gasteiger partial charge in [0.2, 0.25) is 0 Å². The normalized spacial score (nSPS) is 10.9. The molecule has 4 aromatic rings. The molecule has 0 fully saturated rings. The van der Waals surface area contributed by atoms with E-state index in [-0.39, 0.29) is 23.6 Å². The van der Waals surface area contributed by atoms with Gasteiger partial charge in [0.1, 0.15) is 22.6 Å². The van der Waals surface area contributed by atoms with Crippen molar-refractivity contribution in [2.24, 2.45) is 0 Å². The molecule has 1 aromatic carbocycles. The molecule has 0 aliphatic carbocycles. The van der Waals surface area contributed by atoms with Crippen molar-refractivity contribution < 1.29 is 13.5 Å². The van der Waals surface area contributed by atoms with Gasteiger partial charge >= 0.3 is 6.61 Å². The first kappa shape index (κ1) is 20.1. The number of hydrogen-bond acceptors (Lipinski definition) is 7. The maximum Gasteiger partial charge on any atom is 0.387 e. The van der Waals surface area contributed by atoms with Crippen molar-refractivity contribution in [3.8, 4) is 17.0 Å². The number of rotatable bonds is 6. The van der Waals surface area contributed by atoms with Gasteiger partial charge in [0.05, 0.1) is 29.6 Å². The van der Waals surface area contributed by atoms with E-state index in [1.165, 1.54) is 23.1 Å². The molecule has 0 saturated heterocycles. The van der Waals surface area contributed by atoms with Crippen LogP contribution in [0.4, 0.5) is 14.5 Å². The minimum atomic E-state index is -2.95. The molecule has 8 nitrogen and oxygen atoms in total. The Morgan fingerprint density at radius 1 is 1.10 bits per heavy atom. The summed E-state index contributed by atoms with van der Waals surface area (Å²) in [7, 11) is 0. The van der Waals surface area contributed by atoms with Crippen molar-refractivity contribution in [3.63, 3.8) is 0 Å². The molecule has 3 N–H and O–H groups in total. The number of nitrogens with one attached hydrogen (secondary N) is 3. The zero-order valence-electron chi connectivity index (χ0n) is 16.1. The quantitative estimate of drug-likeness (QED) is 0.326. The van der Waals surface area contributed by atoms with Crippen LogP contribution < -0.4 is 15.5 Å². The van der Waals surface area contributed by atoms with Crippen LogP contribution in [0.3, 0.4) is 0 Å². The SMILES string of the molecule is N=C(CNc1ccnc2cc(OC(F)F)cnc12)n1nc(-c2ccccc2)ccc1=N. The van der Waals surface area contributed by atoms with Crippen LogP contribution in [0.25, 0.3) is 22.3 Å². The maximum absolute atomic E-state index is 12.4. The highest BCUT2D eigenvalue weighted by Crippen LogP contribution is 2.23. The van der Waals surface area contributed by atoms with Crippen LogP contribution in [-0.2, 0) is 0 Å². The van der Waals surface area contributed by atoms with Gasteiger partial charge in [-0.3, -0.25) is 15.8 Å². The summed E-state index contributed by atoms with van der Waals surface area (Å²) in [6.45, 7) is -2.89. The van der Waals surface area contributed by atoms with Crippen molar-refractivity contribution in [1.82, 2.24) is 19.7 Å². The predicted molar refractivity (Wildman–Crippen MR) is 111 cm³/mol. The number of ether oxygens (including phenoxy) is 1. The van der Waals surface area contributed by atoms with Crippen LogP contribution in [-0.4, -0.2) is 38.7 Å². The number of benzene rings is 1. The van der Waals surface area contributed by atoms with Gasteiger partial charge in [-0.05, 0) is 18.2 Å². The van der Waals surface area contributed by atoms with Gasteiger partial charge < -0.3 is 10.1 Å². The van der Waals surface area contributed by atoms with Gasteiger partial charge in [0.25, 0.3) is 0 Å². The average molecular weight is 421 g/mol. The summed E-state index contributed by atoms with van der Waals surface area (Å²) in [4.78, 5) is 8.27. The van der Waals surface area contributed by atoms with Crippen LogP contribution in [0.5, 0.6) is 5.75 Å². The fourth-order valence-corrected chi connectivity index (χ4v) is 2.97. The van der Waals surface area contributed by atoms with Gasteiger partial charge in [-0.25, -0.2) is 4.98 Å². The van der Waals surface area contributed by atoms with Crippen LogP contribution in [0.15, 0.2) is 67.0 Å². The Bertz CT molecular complexity index is 1290. The van der Waals surface area contributed by atoms with Gasteiger partial charge in [-0.1, -0.05) is 30.3 Å². The fourth-order valence-electron chi connectivity index (χ4n) is 2.97. The van der Waals surface area contributed by atoms with E-state index in [1.807, 2.05) is 30.3 Å². The number of alkyl halides is 2. The largest absolute Gasteiger partial charge is 0.433 e. The standard InChI is InChI=1S/C21H17F2N7O/c22-21(23)31-14-10-17-20(28-11-14)16(8-9-26-17)27-12-19(25)30-18(24)7-6-15(29-30)13-4-2-1-3-5-13/h1-11,21,24-25H,12H2,(H,26,27). The van der Waals surface area contributed by atoms with Crippen molar-refractivity contribution in [2.75, 3.05) is 11.9 Å². The Hall–Kier alpha value is -4.21. The average Bonchev–Trinajstić information content (AvgIpc) is 2.77. The predicted octanol–water partition coefficient (Wildman–Crippen LogP) is 3.51. The summed E-state index contributed by atoms with van der Waals surface area (Å²) in [5, 5.41) is 23.9. The van der Waals surface area contributed by atoms with E-state index in [4.69, 9.17) is 10.8 Å². The van der Waals surface area contributed by atoms with E-state index in [0.29, 0.717) is 22.4 Å². The van der Waals surface area contributed by atoms with Crippen LogP contribution >= 0.6 is 0 Å². The smallest absolute Gasteiger partial charge is 0.387 e. The van der Waals surface area contributed by atoms with E-state index in [2.05, 4.69) is 25.1 Å². The third-order valence-corrected chi connectivity index (χ3v) is 4.38. The molecule has 0 spiro atoms. The second kappa shape index (κ2) is 8.66. The van der Waals surface area contributed by atoms with Crippen molar-refractivity contribution >= 4 is 22.6 Å². The number of aromatic nitrogens is 4. The zero-order chi connectivity index (χ0) is 21.8. The lowest BCUT2D eigenvalue weighted by Crippen LogP contribution is -2.33. The number of hydrogen-bond donors (Lipinski definition) is 3. The van der Waals surface area contributed by atoms with Gasteiger partial charge in [-0.15, -0.1) is 0 Å². The van der Waals surface area contributed by atoms with Crippen molar-refractivity contribution in [2.45, 2.75) is 6.61 Å². The highest BCUT2D eigenvalue weighted by atomic mass is 19.3. The van der Waals surface area contributed by atoms with Gasteiger partial charge in [-0.2, -0.15) is 18.6 Å². The second-order valence-corrected chi connectivity index (χ2v) is 6.46. The minimum Gasteiger partial charge on any atom is -0.433 e. The van der Waals surface area contributed by atoms with E-state index in [9.17, 15) is 8.78 Å². The second-order valence-electron chi connectivity index (χ2n) is 6.46. The molecule has 0 radical (unpaired) electrons. The van der Waals surface area contributed by atoms with Crippen molar-refractivity contribution in [1.29, 1.82) is 10.8 Å². The molecule has 31 heavy (non-hydrogen) atoms. The summed E-state index contributed by atoms with van der Waals surface area (Å²) < 4.78 is 30.4. The summed E-state index contributed by atoms with van der Waals surface area (Å²) in [5.41, 5.74) is 2.96. The molecular weight excluding hydrogens is 404 g/mol. The fraction of sp³-hybridized carbons (Fsp3) is 0.0952. The number of halogens is 2. The molecule has 0 unspecified atom stereocenters. The van der Waals surface area contributed by atoms with Gasteiger partial charge in [0, 0.05) is 17.8 Å². The monoisotopic (exact) mass is 421 g/mol. The molecular formula is C21H17F2N7O. The van der Waals surface area contributed by atoms with Crippen LogP contribution in [0, 0.1) is 10.8 Å². The lowest BCUT2D eigenvalue weighted by molar-refractivity contribution is -0.0499. The molecule has 0 atom stereocenters. The third kappa shape index (κ3) is 4.53. The maximum atomic E-state index is 12.4. The highest BCUT2D eigenvalue weighted by Gasteiger charge is 2.11. The van der Waals surface area contributed by atoms with E-state index in [0.717, 1.165) is 5.56 Å². The molecule has 156 valence electrons. The molecule has 0 saturated carbocycles.